The second-order valence-corrected chi connectivity index (χ2v) is 7.08. The van der Waals surface area contributed by atoms with Gasteiger partial charge in [0.05, 0.1) is 29.6 Å². The molecule has 0 atom stereocenters. The van der Waals surface area contributed by atoms with Gasteiger partial charge in [-0.05, 0) is 65.1 Å². The highest BCUT2D eigenvalue weighted by Gasteiger charge is 2.15. The molecule has 2 amide bonds. The molecule has 1 heterocycles. The summed E-state index contributed by atoms with van der Waals surface area (Å²) in [5.74, 6) is -0.169. The van der Waals surface area contributed by atoms with E-state index in [1.165, 1.54) is 13.4 Å². The predicted octanol–water partition coefficient (Wildman–Crippen LogP) is 5.05. The van der Waals surface area contributed by atoms with E-state index < -0.39 is 5.91 Å². The molecule has 1 aromatic heterocycles. The predicted molar refractivity (Wildman–Crippen MR) is 112 cm³/mol. The van der Waals surface area contributed by atoms with Gasteiger partial charge < -0.3 is 19.8 Å². The summed E-state index contributed by atoms with van der Waals surface area (Å²) in [4.78, 5) is 24.6. The molecule has 0 saturated carbocycles. The number of nitrogens with one attached hydrogen (secondary N) is 2. The molecule has 0 aliphatic carbocycles. The highest BCUT2D eigenvalue weighted by molar-refractivity contribution is 14.1. The van der Waals surface area contributed by atoms with Crippen molar-refractivity contribution in [1.82, 2.24) is 0 Å². The molecule has 8 heteroatoms. The number of methoxy groups -OCH3 is 1. The van der Waals surface area contributed by atoms with E-state index in [4.69, 9.17) is 20.8 Å². The van der Waals surface area contributed by atoms with Gasteiger partial charge in [-0.15, -0.1) is 0 Å². The number of carbonyl (C=O) groups is 2. The molecule has 6 nitrogen and oxygen atoms in total. The first-order valence-electron chi connectivity index (χ1n) is 7.77. The number of hydrogen-bond donors (Lipinski definition) is 2. The van der Waals surface area contributed by atoms with Crippen molar-refractivity contribution in [2.45, 2.75) is 0 Å². The molecule has 0 saturated heterocycles. The third-order valence-corrected chi connectivity index (χ3v) is 4.63. The van der Waals surface area contributed by atoms with Gasteiger partial charge in [0.2, 0.25) is 0 Å². The number of anilines is 2. The lowest BCUT2D eigenvalue weighted by atomic mass is 10.2. The summed E-state index contributed by atoms with van der Waals surface area (Å²) in [6, 6.07) is 13.3. The number of furan rings is 1. The van der Waals surface area contributed by atoms with E-state index in [1.807, 2.05) is 6.07 Å². The molecule has 2 N–H and O–H groups in total. The monoisotopic (exact) mass is 496 g/mol. The average Bonchev–Trinajstić information content (AvgIpc) is 3.19. The van der Waals surface area contributed by atoms with Crippen LogP contribution in [-0.2, 0) is 0 Å². The molecular weight excluding hydrogens is 483 g/mol. The smallest absolute Gasteiger partial charge is 0.291 e. The summed E-state index contributed by atoms with van der Waals surface area (Å²) in [5.41, 5.74) is 1.32. The first-order chi connectivity index (χ1) is 13.0. The minimum Gasteiger partial charge on any atom is -0.494 e. The Morgan fingerprint density at radius 3 is 2.59 bits per heavy atom. The second kappa shape index (κ2) is 8.45. The maximum Gasteiger partial charge on any atom is 0.291 e. The van der Waals surface area contributed by atoms with Crippen LogP contribution >= 0.6 is 34.2 Å². The van der Waals surface area contributed by atoms with Crippen molar-refractivity contribution in [2.75, 3.05) is 17.7 Å². The highest BCUT2D eigenvalue weighted by atomic mass is 127. The van der Waals surface area contributed by atoms with Crippen LogP contribution in [0.1, 0.15) is 20.9 Å². The Bertz CT molecular complexity index is 989. The van der Waals surface area contributed by atoms with Gasteiger partial charge in [0.1, 0.15) is 5.75 Å². The molecule has 2 aromatic carbocycles. The van der Waals surface area contributed by atoms with E-state index in [0.29, 0.717) is 27.7 Å². The maximum atomic E-state index is 12.5. The highest BCUT2D eigenvalue weighted by Crippen LogP contribution is 2.29. The van der Waals surface area contributed by atoms with Crippen LogP contribution in [0, 0.1) is 3.57 Å². The fraction of sp³-hybridized carbons (Fsp3) is 0.0526. The van der Waals surface area contributed by atoms with Crippen molar-refractivity contribution in [3.63, 3.8) is 0 Å². The van der Waals surface area contributed by atoms with E-state index in [1.54, 1.807) is 42.5 Å². The van der Waals surface area contributed by atoms with Gasteiger partial charge >= 0.3 is 0 Å². The molecule has 3 rings (SSSR count). The molecule has 3 aromatic rings. The summed E-state index contributed by atoms with van der Waals surface area (Å²) in [6.07, 6.45) is 1.42. The SMILES string of the molecule is COc1cc(NC(=O)c2cc(I)ccc2Cl)ccc1NC(=O)c1ccco1. The Labute approximate surface area is 174 Å². The van der Waals surface area contributed by atoms with Crippen molar-refractivity contribution in [3.8, 4) is 5.75 Å². The first kappa shape index (κ1) is 19.2. The van der Waals surface area contributed by atoms with Gasteiger partial charge in [-0.1, -0.05) is 11.6 Å². The number of hydrogen-bond acceptors (Lipinski definition) is 4. The summed E-state index contributed by atoms with van der Waals surface area (Å²) in [6.45, 7) is 0. The third kappa shape index (κ3) is 4.61. The van der Waals surface area contributed by atoms with E-state index in [-0.39, 0.29) is 11.7 Å². The minimum atomic E-state index is -0.402. The quantitative estimate of drug-likeness (QED) is 0.485. The van der Waals surface area contributed by atoms with Gasteiger partial charge in [-0.3, -0.25) is 9.59 Å². The van der Waals surface area contributed by atoms with Crippen LogP contribution in [-0.4, -0.2) is 18.9 Å². The van der Waals surface area contributed by atoms with Crippen LogP contribution in [0.2, 0.25) is 5.02 Å². The number of carbonyl (C=O) groups excluding carboxylic acids is 2. The summed E-state index contributed by atoms with van der Waals surface area (Å²) in [5, 5.41) is 5.83. The minimum absolute atomic E-state index is 0.183. The van der Waals surface area contributed by atoms with Gasteiger partial charge in [-0.25, -0.2) is 0 Å². The van der Waals surface area contributed by atoms with E-state index in [9.17, 15) is 9.59 Å². The lowest BCUT2D eigenvalue weighted by Gasteiger charge is -2.12. The third-order valence-electron chi connectivity index (χ3n) is 3.63. The van der Waals surface area contributed by atoms with Crippen LogP contribution in [0.4, 0.5) is 11.4 Å². The molecule has 138 valence electrons. The molecule has 0 radical (unpaired) electrons. The Hall–Kier alpha value is -2.52. The standard InChI is InChI=1S/C19H14ClIN2O4/c1-26-17-10-12(22-18(24)13-9-11(21)4-6-14(13)20)5-7-15(17)23-19(25)16-3-2-8-27-16/h2-10H,1H3,(H,22,24)(H,23,25). The molecule has 0 aliphatic heterocycles. The van der Waals surface area contributed by atoms with Crippen LogP contribution in [0.3, 0.4) is 0 Å². The lowest BCUT2D eigenvalue weighted by molar-refractivity contribution is 0.0994. The Balaban J connectivity index is 1.78. The fourth-order valence-electron chi connectivity index (χ4n) is 2.33. The molecule has 0 fully saturated rings. The number of benzene rings is 2. The molecular formula is C19H14ClIN2O4. The molecule has 0 aliphatic rings. The van der Waals surface area contributed by atoms with Gasteiger partial charge in [0.25, 0.3) is 11.8 Å². The van der Waals surface area contributed by atoms with Gasteiger partial charge in [0.15, 0.2) is 5.76 Å². The van der Waals surface area contributed by atoms with Crippen molar-refractivity contribution in [2.24, 2.45) is 0 Å². The summed E-state index contributed by atoms with van der Waals surface area (Å²) < 4.78 is 11.3. The molecule has 0 unspecified atom stereocenters. The maximum absolute atomic E-state index is 12.5. The number of halogens is 2. The Morgan fingerprint density at radius 1 is 1.07 bits per heavy atom. The Morgan fingerprint density at radius 2 is 1.89 bits per heavy atom. The van der Waals surface area contributed by atoms with Gasteiger partial charge in [0, 0.05) is 15.3 Å². The zero-order chi connectivity index (χ0) is 19.4. The van der Waals surface area contributed by atoms with Crippen molar-refractivity contribution < 1.29 is 18.7 Å². The van der Waals surface area contributed by atoms with Crippen LogP contribution in [0.5, 0.6) is 5.75 Å². The lowest BCUT2D eigenvalue weighted by Crippen LogP contribution is -2.14. The van der Waals surface area contributed by atoms with E-state index >= 15 is 0 Å². The average molecular weight is 497 g/mol. The topological polar surface area (TPSA) is 80.6 Å². The zero-order valence-corrected chi connectivity index (χ0v) is 17.0. The largest absolute Gasteiger partial charge is 0.494 e. The number of amides is 2. The summed E-state index contributed by atoms with van der Waals surface area (Å²) in [7, 11) is 1.47. The zero-order valence-electron chi connectivity index (χ0n) is 14.1. The molecule has 0 spiro atoms. The van der Waals surface area contributed by atoms with Crippen molar-refractivity contribution >= 4 is 57.4 Å². The molecule has 0 bridgehead atoms. The van der Waals surface area contributed by atoms with Crippen LogP contribution in [0.15, 0.2) is 59.2 Å². The normalized spacial score (nSPS) is 10.3. The second-order valence-electron chi connectivity index (χ2n) is 5.42. The van der Waals surface area contributed by atoms with Crippen molar-refractivity contribution in [1.29, 1.82) is 0 Å². The number of rotatable bonds is 5. The van der Waals surface area contributed by atoms with Crippen LogP contribution < -0.4 is 15.4 Å². The fourth-order valence-corrected chi connectivity index (χ4v) is 3.03. The van der Waals surface area contributed by atoms with Gasteiger partial charge in [-0.2, -0.15) is 0 Å². The Kier molecular flexibility index (Phi) is 6.02. The van der Waals surface area contributed by atoms with E-state index in [0.717, 1.165) is 3.57 Å². The van der Waals surface area contributed by atoms with Crippen LogP contribution in [0.25, 0.3) is 0 Å². The summed E-state index contributed by atoms with van der Waals surface area (Å²) >= 11 is 8.21. The number of ether oxygens (including phenoxy) is 1. The van der Waals surface area contributed by atoms with E-state index in [2.05, 4.69) is 33.2 Å². The van der Waals surface area contributed by atoms with Crippen molar-refractivity contribution in [3.05, 3.63) is 74.7 Å². The first-order valence-corrected chi connectivity index (χ1v) is 9.23. The molecule has 27 heavy (non-hydrogen) atoms.